The third-order valence-corrected chi connectivity index (χ3v) is 2.36. The first-order valence-electron chi connectivity index (χ1n) is 5.05. The number of hydrogen-bond donors (Lipinski definition) is 1. The molecule has 1 aromatic rings. The van der Waals surface area contributed by atoms with Crippen molar-refractivity contribution < 1.29 is 14.0 Å². The molecule has 0 radical (unpaired) electrons. The highest BCUT2D eigenvalue weighted by atomic mass is 19.1. The van der Waals surface area contributed by atoms with Crippen LogP contribution in [-0.2, 0) is 4.79 Å². The first-order valence-corrected chi connectivity index (χ1v) is 5.05. The quantitative estimate of drug-likeness (QED) is 0.785. The molecule has 0 aromatic heterocycles. The van der Waals surface area contributed by atoms with Gasteiger partial charge in [0.1, 0.15) is 5.82 Å². The molecule has 0 atom stereocenters. The zero-order valence-corrected chi connectivity index (χ0v) is 8.57. The fourth-order valence-corrected chi connectivity index (χ4v) is 1.62. The molecule has 16 heavy (non-hydrogen) atoms. The molecular formula is C11H11FN2O2. The molecule has 0 spiro atoms. The zero-order chi connectivity index (χ0) is 11.5. The van der Waals surface area contributed by atoms with Gasteiger partial charge in [0.2, 0.25) is 5.91 Å². The lowest BCUT2D eigenvalue weighted by Crippen LogP contribution is -2.41. The van der Waals surface area contributed by atoms with E-state index in [0.717, 1.165) is 4.90 Å². The Hall–Kier alpha value is -1.91. The second kappa shape index (κ2) is 4.30. The molecule has 5 heteroatoms. The highest BCUT2D eigenvalue weighted by molar-refractivity contribution is 6.14. The van der Waals surface area contributed by atoms with Gasteiger partial charge in [-0.25, -0.2) is 14.1 Å². The summed E-state index contributed by atoms with van der Waals surface area (Å²) in [6.07, 6.45) is 0.894. The molecule has 2 rings (SSSR count). The number of amides is 3. The van der Waals surface area contributed by atoms with Crippen LogP contribution in [0, 0.1) is 5.82 Å². The van der Waals surface area contributed by atoms with Gasteiger partial charge in [0.25, 0.3) is 0 Å². The minimum Gasteiger partial charge on any atom is -0.337 e. The van der Waals surface area contributed by atoms with Crippen molar-refractivity contribution >= 4 is 17.6 Å². The molecule has 1 N–H and O–H groups in total. The van der Waals surface area contributed by atoms with E-state index in [1.807, 2.05) is 0 Å². The summed E-state index contributed by atoms with van der Waals surface area (Å²) < 4.78 is 13.0. The van der Waals surface area contributed by atoms with Gasteiger partial charge in [-0.3, -0.25) is 4.79 Å². The second-order valence-corrected chi connectivity index (χ2v) is 3.54. The SMILES string of the molecule is O=C1CCCNC(=O)N1c1cccc(F)c1. The summed E-state index contributed by atoms with van der Waals surface area (Å²) in [5.41, 5.74) is 0.268. The van der Waals surface area contributed by atoms with E-state index >= 15 is 0 Å². The molecule has 1 aliphatic rings. The van der Waals surface area contributed by atoms with Crippen LogP contribution >= 0.6 is 0 Å². The van der Waals surface area contributed by atoms with Crippen molar-refractivity contribution in [1.82, 2.24) is 5.32 Å². The van der Waals surface area contributed by atoms with E-state index in [0.29, 0.717) is 13.0 Å². The molecule has 84 valence electrons. The number of urea groups is 1. The van der Waals surface area contributed by atoms with Crippen molar-refractivity contribution in [3.05, 3.63) is 30.1 Å². The molecule has 0 aliphatic carbocycles. The number of nitrogens with zero attached hydrogens (tertiary/aromatic N) is 1. The van der Waals surface area contributed by atoms with Gasteiger partial charge >= 0.3 is 6.03 Å². The van der Waals surface area contributed by atoms with E-state index < -0.39 is 11.8 Å². The van der Waals surface area contributed by atoms with Gasteiger partial charge in [-0.1, -0.05) is 6.07 Å². The van der Waals surface area contributed by atoms with Gasteiger partial charge in [0.05, 0.1) is 5.69 Å². The number of benzene rings is 1. The first-order chi connectivity index (χ1) is 7.68. The fraction of sp³-hybridized carbons (Fsp3) is 0.273. The summed E-state index contributed by atoms with van der Waals surface area (Å²) in [6, 6.07) is 4.95. The Morgan fingerprint density at radius 3 is 2.88 bits per heavy atom. The van der Waals surface area contributed by atoms with Crippen LogP contribution in [0.4, 0.5) is 14.9 Å². The zero-order valence-electron chi connectivity index (χ0n) is 8.57. The van der Waals surface area contributed by atoms with Crippen LogP contribution in [0.15, 0.2) is 24.3 Å². The third kappa shape index (κ3) is 2.03. The van der Waals surface area contributed by atoms with Gasteiger partial charge < -0.3 is 5.32 Å². The molecule has 1 fully saturated rings. The maximum absolute atomic E-state index is 13.0. The molecule has 1 aromatic carbocycles. The van der Waals surface area contributed by atoms with Gasteiger partial charge in [0.15, 0.2) is 0 Å². The van der Waals surface area contributed by atoms with E-state index in [2.05, 4.69) is 5.32 Å². The largest absolute Gasteiger partial charge is 0.337 e. The van der Waals surface area contributed by atoms with Crippen LogP contribution in [0.1, 0.15) is 12.8 Å². The molecular weight excluding hydrogens is 211 g/mol. The number of hydrogen-bond acceptors (Lipinski definition) is 2. The number of nitrogens with one attached hydrogen (secondary N) is 1. The molecule has 3 amide bonds. The van der Waals surface area contributed by atoms with Gasteiger partial charge in [-0.05, 0) is 24.6 Å². The summed E-state index contributed by atoms with van der Waals surface area (Å²) >= 11 is 0. The Bertz CT molecular complexity index is 416. The first kappa shape index (κ1) is 10.6. The number of halogens is 1. The molecule has 0 bridgehead atoms. The molecule has 1 aliphatic heterocycles. The summed E-state index contributed by atoms with van der Waals surface area (Å²) in [6.45, 7) is 0.469. The Kier molecular flexibility index (Phi) is 2.85. The Balaban J connectivity index is 2.36. The average molecular weight is 222 g/mol. The van der Waals surface area contributed by atoms with E-state index in [4.69, 9.17) is 0 Å². The van der Waals surface area contributed by atoms with Crippen LogP contribution in [0.5, 0.6) is 0 Å². The monoisotopic (exact) mass is 222 g/mol. The number of carbonyl (C=O) groups excluding carboxylic acids is 2. The Labute approximate surface area is 92.0 Å². The topological polar surface area (TPSA) is 49.4 Å². The van der Waals surface area contributed by atoms with Crippen molar-refractivity contribution in [2.24, 2.45) is 0 Å². The minimum absolute atomic E-state index is 0.268. The molecule has 4 nitrogen and oxygen atoms in total. The summed E-state index contributed by atoms with van der Waals surface area (Å²) in [5, 5.41) is 2.59. The molecule has 0 unspecified atom stereocenters. The van der Waals surface area contributed by atoms with Crippen molar-refractivity contribution in [3.8, 4) is 0 Å². The minimum atomic E-state index is -0.492. The van der Waals surface area contributed by atoms with E-state index in [1.54, 1.807) is 0 Å². The molecule has 0 saturated carbocycles. The lowest BCUT2D eigenvalue weighted by molar-refractivity contribution is -0.117. The number of carbonyl (C=O) groups is 2. The molecule has 1 heterocycles. The summed E-state index contributed by atoms with van der Waals surface area (Å²) in [4.78, 5) is 24.3. The van der Waals surface area contributed by atoms with Crippen molar-refractivity contribution in [3.63, 3.8) is 0 Å². The Morgan fingerprint density at radius 1 is 1.31 bits per heavy atom. The van der Waals surface area contributed by atoms with Crippen LogP contribution < -0.4 is 10.2 Å². The third-order valence-electron chi connectivity index (χ3n) is 2.36. The van der Waals surface area contributed by atoms with Gasteiger partial charge in [-0.2, -0.15) is 0 Å². The number of imide groups is 1. The lowest BCUT2D eigenvalue weighted by Gasteiger charge is -2.18. The van der Waals surface area contributed by atoms with E-state index in [9.17, 15) is 14.0 Å². The standard InChI is InChI=1S/C11H11FN2O2/c12-8-3-1-4-9(7-8)14-10(15)5-2-6-13-11(14)16/h1,3-4,7H,2,5-6H2,(H,13,16). The van der Waals surface area contributed by atoms with Crippen LogP contribution in [0.25, 0.3) is 0 Å². The van der Waals surface area contributed by atoms with Gasteiger partial charge in [-0.15, -0.1) is 0 Å². The summed E-state index contributed by atoms with van der Waals surface area (Å²) in [5.74, 6) is -0.775. The average Bonchev–Trinajstić information content (AvgIpc) is 2.40. The summed E-state index contributed by atoms with van der Waals surface area (Å²) in [7, 11) is 0. The number of rotatable bonds is 1. The second-order valence-electron chi connectivity index (χ2n) is 3.54. The normalized spacial score (nSPS) is 16.9. The fourth-order valence-electron chi connectivity index (χ4n) is 1.62. The maximum Gasteiger partial charge on any atom is 0.328 e. The Morgan fingerprint density at radius 2 is 2.12 bits per heavy atom. The highest BCUT2D eigenvalue weighted by Gasteiger charge is 2.25. The van der Waals surface area contributed by atoms with Crippen LogP contribution in [-0.4, -0.2) is 18.5 Å². The van der Waals surface area contributed by atoms with Crippen molar-refractivity contribution in [2.75, 3.05) is 11.4 Å². The smallest absolute Gasteiger partial charge is 0.328 e. The molecule has 1 saturated heterocycles. The lowest BCUT2D eigenvalue weighted by atomic mass is 10.2. The maximum atomic E-state index is 13.0. The number of anilines is 1. The van der Waals surface area contributed by atoms with E-state index in [1.165, 1.54) is 24.3 Å². The van der Waals surface area contributed by atoms with Crippen LogP contribution in [0.3, 0.4) is 0 Å². The van der Waals surface area contributed by atoms with Crippen molar-refractivity contribution in [2.45, 2.75) is 12.8 Å². The predicted octanol–water partition coefficient (Wildman–Crippen LogP) is 1.66. The predicted molar refractivity (Wildman–Crippen MR) is 56.5 cm³/mol. The highest BCUT2D eigenvalue weighted by Crippen LogP contribution is 2.18. The van der Waals surface area contributed by atoms with Gasteiger partial charge in [0, 0.05) is 13.0 Å². The van der Waals surface area contributed by atoms with E-state index in [-0.39, 0.29) is 18.0 Å². The van der Waals surface area contributed by atoms with Crippen LogP contribution in [0.2, 0.25) is 0 Å². The van der Waals surface area contributed by atoms with Crippen molar-refractivity contribution in [1.29, 1.82) is 0 Å².